The molecule has 0 heterocycles. The number of amides is 2. The van der Waals surface area contributed by atoms with E-state index in [-0.39, 0.29) is 49.5 Å². The van der Waals surface area contributed by atoms with Gasteiger partial charge in [-0.25, -0.2) is 0 Å². The summed E-state index contributed by atoms with van der Waals surface area (Å²) in [4.78, 5) is 24.3. The summed E-state index contributed by atoms with van der Waals surface area (Å²) in [5.74, 6) is -1.05. The summed E-state index contributed by atoms with van der Waals surface area (Å²) in [6.07, 6.45) is 2.02. The van der Waals surface area contributed by atoms with Crippen LogP contribution in [0.5, 0.6) is 0 Å². The SMILES string of the molecule is C=CCC(CC(=O)NCCOCCO)C(=O)NC(CO)C(C)(C)C. The number of aliphatic hydroxyl groups excluding tert-OH is 2. The number of hydrogen-bond donors (Lipinski definition) is 4. The monoisotopic (exact) mass is 344 g/mol. The van der Waals surface area contributed by atoms with Crippen molar-refractivity contribution in [2.45, 2.75) is 39.7 Å². The molecule has 0 aromatic carbocycles. The van der Waals surface area contributed by atoms with Gasteiger partial charge in [-0.1, -0.05) is 26.8 Å². The molecule has 24 heavy (non-hydrogen) atoms. The Kier molecular flexibility index (Phi) is 11.3. The average Bonchev–Trinajstić information content (AvgIpc) is 2.50. The number of rotatable bonds is 12. The average molecular weight is 344 g/mol. The summed E-state index contributed by atoms with van der Waals surface area (Å²) < 4.78 is 5.05. The van der Waals surface area contributed by atoms with Gasteiger partial charge in [-0.05, 0) is 11.8 Å². The van der Waals surface area contributed by atoms with Gasteiger partial charge < -0.3 is 25.6 Å². The van der Waals surface area contributed by atoms with E-state index in [1.54, 1.807) is 6.08 Å². The van der Waals surface area contributed by atoms with E-state index in [9.17, 15) is 14.7 Å². The molecule has 2 unspecified atom stereocenters. The highest BCUT2D eigenvalue weighted by atomic mass is 16.5. The summed E-state index contributed by atoms with van der Waals surface area (Å²) in [6, 6.07) is -0.382. The Balaban J connectivity index is 4.48. The second kappa shape index (κ2) is 12.0. The second-order valence-electron chi connectivity index (χ2n) is 6.72. The van der Waals surface area contributed by atoms with Gasteiger partial charge in [0.05, 0.1) is 38.4 Å². The van der Waals surface area contributed by atoms with Gasteiger partial charge in [-0.3, -0.25) is 9.59 Å². The first-order valence-corrected chi connectivity index (χ1v) is 8.23. The first-order valence-electron chi connectivity index (χ1n) is 8.23. The van der Waals surface area contributed by atoms with Crippen molar-refractivity contribution in [1.82, 2.24) is 10.6 Å². The Labute approximate surface area is 144 Å². The van der Waals surface area contributed by atoms with Crippen molar-refractivity contribution in [2.75, 3.05) is 33.0 Å². The molecular formula is C17H32N2O5. The Morgan fingerprint density at radius 2 is 1.92 bits per heavy atom. The van der Waals surface area contributed by atoms with Crippen LogP contribution >= 0.6 is 0 Å². The summed E-state index contributed by atoms with van der Waals surface area (Å²) in [5, 5.41) is 23.5. The summed E-state index contributed by atoms with van der Waals surface area (Å²) in [6.45, 7) is 10.0. The summed E-state index contributed by atoms with van der Waals surface area (Å²) >= 11 is 0. The van der Waals surface area contributed by atoms with E-state index in [1.807, 2.05) is 20.8 Å². The maximum absolute atomic E-state index is 12.4. The van der Waals surface area contributed by atoms with Crippen molar-refractivity contribution < 1.29 is 24.5 Å². The predicted octanol–water partition coefficient (Wildman–Crippen LogP) is 0.217. The molecule has 0 aliphatic heterocycles. The van der Waals surface area contributed by atoms with Crippen LogP contribution in [0.15, 0.2) is 12.7 Å². The molecule has 0 aliphatic carbocycles. The number of hydrogen-bond acceptors (Lipinski definition) is 5. The third-order valence-electron chi connectivity index (χ3n) is 3.60. The van der Waals surface area contributed by atoms with Gasteiger partial charge in [-0.2, -0.15) is 0 Å². The van der Waals surface area contributed by atoms with Crippen LogP contribution in [0.25, 0.3) is 0 Å². The lowest BCUT2D eigenvalue weighted by atomic mass is 9.86. The number of aliphatic hydroxyl groups is 2. The Bertz CT molecular complexity index is 393. The van der Waals surface area contributed by atoms with Gasteiger partial charge in [0.15, 0.2) is 0 Å². The number of carbonyl (C=O) groups is 2. The van der Waals surface area contributed by atoms with Crippen molar-refractivity contribution >= 4 is 11.8 Å². The highest BCUT2D eigenvalue weighted by molar-refractivity contribution is 5.86. The minimum Gasteiger partial charge on any atom is -0.394 e. The molecule has 0 saturated carbocycles. The molecule has 0 bridgehead atoms. The zero-order valence-electron chi connectivity index (χ0n) is 15.0. The molecule has 4 N–H and O–H groups in total. The lowest BCUT2D eigenvalue weighted by Gasteiger charge is -2.31. The number of allylic oxidation sites excluding steroid dienone is 1. The van der Waals surface area contributed by atoms with E-state index in [0.29, 0.717) is 19.6 Å². The number of ether oxygens (including phenoxy) is 1. The highest BCUT2D eigenvalue weighted by Crippen LogP contribution is 2.20. The topological polar surface area (TPSA) is 108 Å². The van der Waals surface area contributed by atoms with Gasteiger partial charge in [0.2, 0.25) is 11.8 Å². The van der Waals surface area contributed by atoms with E-state index < -0.39 is 5.92 Å². The van der Waals surface area contributed by atoms with Gasteiger partial charge in [-0.15, -0.1) is 6.58 Å². The first kappa shape index (κ1) is 22.6. The standard InChI is InChI=1S/C17H32N2O5/c1-5-6-13(11-15(22)18-7-9-24-10-8-20)16(23)19-14(12-21)17(2,3)4/h5,13-14,20-21H,1,6-12H2,2-4H3,(H,18,22)(H,19,23). The van der Waals surface area contributed by atoms with Crippen LogP contribution in [0.3, 0.4) is 0 Å². The first-order chi connectivity index (χ1) is 11.3. The fraction of sp³-hybridized carbons (Fsp3) is 0.765. The smallest absolute Gasteiger partial charge is 0.224 e. The quantitative estimate of drug-likeness (QED) is 0.299. The largest absolute Gasteiger partial charge is 0.394 e. The molecule has 7 nitrogen and oxygen atoms in total. The molecule has 0 rings (SSSR count). The maximum Gasteiger partial charge on any atom is 0.224 e. The van der Waals surface area contributed by atoms with Crippen LogP contribution in [-0.2, 0) is 14.3 Å². The third kappa shape index (κ3) is 9.64. The maximum atomic E-state index is 12.4. The van der Waals surface area contributed by atoms with Crippen molar-refractivity contribution in [3.63, 3.8) is 0 Å². The van der Waals surface area contributed by atoms with Gasteiger partial charge in [0, 0.05) is 13.0 Å². The minimum absolute atomic E-state index is 0.0418. The molecule has 0 aromatic rings. The predicted molar refractivity (Wildman–Crippen MR) is 92.3 cm³/mol. The van der Waals surface area contributed by atoms with Crippen LogP contribution in [0, 0.1) is 11.3 Å². The fourth-order valence-corrected chi connectivity index (χ4v) is 2.04. The summed E-state index contributed by atoms with van der Waals surface area (Å²) in [7, 11) is 0. The van der Waals surface area contributed by atoms with Crippen molar-refractivity contribution in [2.24, 2.45) is 11.3 Å². The normalized spacial score (nSPS) is 13.9. The molecule has 7 heteroatoms. The van der Waals surface area contributed by atoms with E-state index in [0.717, 1.165) is 0 Å². The van der Waals surface area contributed by atoms with Crippen molar-refractivity contribution in [3.05, 3.63) is 12.7 Å². The molecule has 0 aromatic heterocycles. The Morgan fingerprint density at radius 1 is 1.25 bits per heavy atom. The van der Waals surface area contributed by atoms with Crippen molar-refractivity contribution in [1.29, 1.82) is 0 Å². The molecule has 0 aliphatic rings. The lowest BCUT2D eigenvalue weighted by Crippen LogP contribution is -2.48. The van der Waals surface area contributed by atoms with E-state index >= 15 is 0 Å². The van der Waals surface area contributed by atoms with E-state index in [4.69, 9.17) is 9.84 Å². The lowest BCUT2D eigenvalue weighted by molar-refractivity contribution is -0.131. The van der Waals surface area contributed by atoms with Crippen LogP contribution in [0.1, 0.15) is 33.6 Å². The number of nitrogens with one attached hydrogen (secondary N) is 2. The molecule has 0 radical (unpaired) electrons. The third-order valence-corrected chi connectivity index (χ3v) is 3.60. The van der Waals surface area contributed by atoms with Crippen LogP contribution in [0.4, 0.5) is 0 Å². The van der Waals surface area contributed by atoms with Gasteiger partial charge in [0.1, 0.15) is 0 Å². The molecule has 2 atom stereocenters. The van der Waals surface area contributed by atoms with Crippen LogP contribution in [-0.4, -0.2) is 61.0 Å². The zero-order valence-corrected chi connectivity index (χ0v) is 15.0. The Hall–Kier alpha value is -1.44. The minimum atomic E-state index is -0.530. The molecule has 2 amide bonds. The van der Waals surface area contributed by atoms with E-state index in [1.165, 1.54) is 0 Å². The molecule has 0 saturated heterocycles. The van der Waals surface area contributed by atoms with Gasteiger partial charge in [0.25, 0.3) is 0 Å². The molecule has 0 spiro atoms. The molecular weight excluding hydrogens is 312 g/mol. The Morgan fingerprint density at radius 3 is 2.42 bits per heavy atom. The van der Waals surface area contributed by atoms with Crippen LogP contribution < -0.4 is 10.6 Å². The van der Waals surface area contributed by atoms with E-state index in [2.05, 4.69) is 17.2 Å². The van der Waals surface area contributed by atoms with Gasteiger partial charge >= 0.3 is 0 Å². The van der Waals surface area contributed by atoms with Crippen molar-refractivity contribution in [3.8, 4) is 0 Å². The highest BCUT2D eigenvalue weighted by Gasteiger charge is 2.29. The molecule has 0 fully saturated rings. The molecule has 140 valence electrons. The zero-order chi connectivity index (χ0) is 18.6. The fourth-order valence-electron chi connectivity index (χ4n) is 2.04. The second-order valence-corrected chi connectivity index (χ2v) is 6.72. The van der Waals surface area contributed by atoms with Crippen LogP contribution in [0.2, 0.25) is 0 Å². The summed E-state index contributed by atoms with van der Waals surface area (Å²) in [5.41, 5.74) is -0.282. The number of carbonyl (C=O) groups excluding carboxylic acids is 2.